The molecule has 0 spiro atoms. The van der Waals surface area contributed by atoms with Crippen LogP contribution in [-0.4, -0.2) is 21.0 Å². The zero-order valence-corrected chi connectivity index (χ0v) is 19.4. The van der Waals surface area contributed by atoms with Crippen LogP contribution in [0.4, 0.5) is 5.69 Å². The fourth-order valence-corrected chi connectivity index (χ4v) is 3.05. The first-order chi connectivity index (χ1) is 12.6. The van der Waals surface area contributed by atoms with Crippen molar-refractivity contribution in [1.29, 1.82) is 0 Å². The number of rotatable bonds is 4. The smallest absolute Gasteiger partial charge is 0.252 e. The van der Waals surface area contributed by atoms with E-state index in [1.165, 1.54) is 0 Å². The van der Waals surface area contributed by atoms with Gasteiger partial charge >= 0.3 is 0 Å². The lowest BCUT2D eigenvalue weighted by molar-refractivity contribution is 0.0934. The number of alkyl halides is 3. The van der Waals surface area contributed by atoms with E-state index in [1.807, 2.05) is 0 Å². The quantitative estimate of drug-likeness (QED) is 0.242. The third-order valence-electron chi connectivity index (χ3n) is 3.16. The lowest BCUT2D eigenvalue weighted by atomic mass is 10.2. The third kappa shape index (κ3) is 7.13. The summed E-state index contributed by atoms with van der Waals surface area (Å²) in [4.78, 5) is 12.4. The van der Waals surface area contributed by atoms with E-state index in [1.54, 1.807) is 42.5 Å². The van der Waals surface area contributed by atoms with Crippen LogP contribution in [0.2, 0.25) is 10.0 Å². The molecule has 1 amide bonds. The van der Waals surface area contributed by atoms with Gasteiger partial charge < -0.3 is 16.0 Å². The topological polar surface area (TPSA) is 53.2 Å². The van der Waals surface area contributed by atoms with Crippen molar-refractivity contribution >= 4 is 103 Å². The van der Waals surface area contributed by atoms with E-state index in [2.05, 4.69) is 31.9 Å². The summed E-state index contributed by atoms with van der Waals surface area (Å²) in [5, 5.41) is 9.11. The van der Waals surface area contributed by atoms with Gasteiger partial charge in [-0.05, 0) is 54.7 Å². The molecule has 144 valence electrons. The minimum atomic E-state index is -1.88. The maximum atomic E-state index is 12.4. The predicted molar refractivity (Wildman–Crippen MR) is 122 cm³/mol. The summed E-state index contributed by atoms with van der Waals surface area (Å²) in [7, 11) is 0. The summed E-state index contributed by atoms with van der Waals surface area (Å²) >= 11 is 38.4. The van der Waals surface area contributed by atoms with E-state index in [4.69, 9.17) is 70.2 Å². The Hall–Kier alpha value is -0.470. The highest BCUT2D eigenvalue weighted by Gasteiger charge is 2.35. The van der Waals surface area contributed by atoms with Gasteiger partial charge in [0.1, 0.15) is 6.17 Å². The zero-order valence-electron chi connectivity index (χ0n) is 13.2. The average molecular weight is 551 g/mol. The normalized spacial score (nSPS) is 12.2. The molecule has 27 heavy (non-hydrogen) atoms. The van der Waals surface area contributed by atoms with Crippen LogP contribution in [0.5, 0.6) is 0 Å². The Kier molecular flexibility index (Phi) is 8.31. The second kappa shape index (κ2) is 9.83. The van der Waals surface area contributed by atoms with Crippen LogP contribution in [0.3, 0.4) is 0 Å². The van der Waals surface area contributed by atoms with Crippen LogP contribution in [0.25, 0.3) is 0 Å². The molecule has 4 nitrogen and oxygen atoms in total. The van der Waals surface area contributed by atoms with Crippen LogP contribution < -0.4 is 16.0 Å². The van der Waals surface area contributed by atoms with Gasteiger partial charge in [-0.15, -0.1) is 0 Å². The Bertz CT molecular complexity index is 845. The van der Waals surface area contributed by atoms with Gasteiger partial charge in [-0.2, -0.15) is 0 Å². The van der Waals surface area contributed by atoms with Gasteiger partial charge in [-0.3, -0.25) is 4.79 Å². The van der Waals surface area contributed by atoms with Gasteiger partial charge in [0.05, 0.1) is 10.7 Å². The molecular formula is C16H11BrCl5N3OS. The summed E-state index contributed by atoms with van der Waals surface area (Å²) in [6.07, 6.45) is -1.11. The van der Waals surface area contributed by atoms with E-state index >= 15 is 0 Å². The molecule has 0 heterocycles. The fourth-order valence-electron chi connectivity index (χ4n) is 1.90. The van der Waals surface area contributed by atoms with E-state index in [-0.39, 0.29) is 5.11 Å². The van der Waals surface area contributed by atoms with Crippen LogP contribution in [0.1, 0.15) is 10.4 Å². The maximum Gasteiger partial charge on any atom is 0.252 e. The van der Waals surface area contributed by atoms with Gasteiger partial charge in [0.15, 0.2) is 5.11 Å². The molecule has 1 atom stereocenters. The van der Waals surface area contributed by atoms with Gasteiger partial charge in [-0.1, -0.05) is 73.9 Å². The van der Waals surface area contributed by atoms with Crippen LogP contribution in [-0.2, 0) is 0 Å². The minimum absolute atomic E-state index is 0.0756. The predicted octanol–water partition coefficient (Wildman–Crippen LogP) is 6.17. The number of halogens is 6. The molecule has 0 bridgehead atoms. The Morgan fingerprint density at radius 1 is 1.04 bits per heavy atom. The summed E-state index contributed by atoms with van der Waals surface area (Å²) in [6, 6.07) is 11.5. The van der Waals surface area contributed by atoms with E-state index in [9.17, 15) is 4.79 Å². The lowest BCUT2D eigenvalue weighted by Crippen LogP contribution is -2.56. The highest BCUT2D eigenvalue weighted by atomic mass is 79.9. The van der Waals surface area contributed by atoms with E-state index in [0.29, 0.717) is 21.3 Å². The number of hydrogen-bond donors (Lipinski definition) is 3. The molecule has 0 aliphatic heterocycles. The zero-order chi connectivity index (χ0) is 20.2. The van der Waals surface area contributed by atoms with Crippen LogP contribution in [0.15, 0.2) is 46.9 Å². The number of carbonyl (C=O) groups is 1. The third-order valence-corrected chi connectivity index (χ3v) is 5.13. The Morgan fingerprint density at radius 2 is 1.67 bits per heavy atom. The number of thiocarbonyl (C=S) groups is 1. The largest absolute Gasteiger partial charge is 0.339 e. The summed E-state index contributed by atoms with van der Waals surface area (Å²) in [6.45, 7) is 0. The summed E-state index contributed by atoms with van der Waals surface area (Å²) in [5.74, 6) is -0.449. The van der Waals surface area contributed by atoms with Gasteiger partial charge in [-0.25, -0.2) is 0 Å². The molecule has 0 aliphatic rings. The molecule has 2 aromatic carbocycles. The number of benzene rings is 2. The molecular weight excluding hydrogens is 539 g/mol. The molecule has 2 aromatic rings. The van der Waals surface area contributed by atoms with Crippen molar-refractivity contribution in [2.24, 2.45) is 0 Å². The summed E-state index contributed by atoms with van der Waals surface area (Å²) in [5.41, 5.74) is 0.847. The SMILES string of the molecule is O=C(NC(NC(=S)Nc1cc(Cl)ccc1Cl)C(Cl)(Cl)Cl)c1ccc(Br)cc1. The first-order valence-electron chi connectivity index (χ1n) is 7.22. The number of hydrogen-bond acceptors (Lipinski definition) is 2. The van der Waals surface area contributed by atoms with Crippen LogP contribution in [0, 0.1) is 0 Å². The van der Waals surface area contributed by atoms with Gasteiger partial charge in [0, 0.05) is 15.1 Å². The Labute approximate surface area is 195 Å². The Morgan fingerprint density at radius 3 is 2.26 bits per heavy atom. The van der Waals surface area contributed by atoms with Gasteiger partial charge in [0.2, 0.25) is 3.79 Å². The Balaban J connectivity index is 2.10. The molecule has 1 unspecified atom stereocenters. The molecule has 0 aliphatic carbocycles. The number of carbonyl (C=O) groups excluding carboxylic acids is 1. The molecule has 11 heteroatoms. The first-order valence-corrected chi connectivity index (χ1v) is 10.3. The molecule has 0 saturated heterocycles. The fraction of sp³-hybridized carbons (Fsp3) is 0.125. The van der Waals surface area contributed by atoms with E-state index in [0.717, 1.165) is 4.47 Å². The number of amides is 1. The second-order valence-electron chi connectivity index (χ2n) is 5.18. The molecule has 2 rings (SSSR count). The van der Waals surface area contributed by atoms with Crippen molar-refractivity contribution in [2.75, 3.05) is 5.32 Å². The molecule has 0 fully saturated rings. The van der Waals surface area contributed by atoms with Gasteiger partial charge in [0.25, 0.3) is 5.91 Å². The number of nitrogens with one attached hydrogen (secondary N) is 3. The van der Waals surface area contributed by atoms with Crippen molar-refractivity contribution in [1.82, 2.24) is 10.6 Å². The monoisotopic (exact) mass is 547 g/mol. The second-order valence-corrected chi connectivity index (χ2v) is 9.71. The molecule has 0 aromatic heterocycles. The summed E-state index contributed by atoms with van der Waals surface area (Å²) < 4.78 is -1.05. The molecule has 0 saturated carbocycles. The highest BCUT2D eigenvalue weighted by Crippen LogP contribution is 2.30. The first kappa shape index (κ1) is 22.8. The maximum absolute atomic E-state index is 12.4. The standard InChI is InChI=1S/C16H11BrCl5N3OS/c17-9-3-1-8(2-4-9)13(26)24-14(16(20,21)22)25-15(27)23-12-7-10(18)5-6-11(12)19/h1-7,14H,(H,24,26)(H2,23,25,27). The van der Waals surface area contributed by atoms with Crippen molar-refractivity contribution in [3.05, 3.63) is 62.5 Å². The van der Waals surface area contributed by atoms with Crippen LogP contribution >= 0.6 is 86.2 Å². The average Bonchev–Trinajstić information content (AvgIpc) is 2.57. The van der Waals surface area contributed by atoms with E-state index < -0.39 is 15.9 Å². The van der Waals surface area contributed by atoms with Crippen molar-refractivity contribution in [3.63, 3.8) is 0 Å². The molecule has 3 N–H and O–H groups in total. The number of anilines is 1. The van der Waals surface area contributed by atoms with Crippen molar-refractivity contribution in [2.45, 2.75) is 9.96 Å². The minimum Gasteiger partial charge on any atom is -0.339 e. The lowest BCUT2D eigenvalue weighted by Gasteiger charge is -2.28. The van der Waals surface area contributed by atoms with Crippen molar-refractivity contribution in [3.8, 4) is 0 Å². The van der Waals surface area contributed by atoms with Crippen molar-refractivity contribution < 1.29 is 4.79 Å². The molecule has 0 radical (unpaired) electrons. The highest BCUT2D eigenvalue weighted by molar-refractivity contribution is 9.10.